The van der Waals surface area contributed by atoms with Crippen LogP contribution in [0.2, 0.25) is 5.02 Å². The Morgan fingerprint density at radius 2 is 1.71 bits per heavy atom. The number of hydrogen-bond donors (Lipinski definition) is 3. The van der Waals surface area contributed by atoms with Gasteiger partial charge in [-0.3, -0.25) is 0 Å². The van der Waals surface area contributed by atoms with Gasteiger partial charge in [-0.1, -0.05) is 18.5 Å². The van der Waals surface area contributed by atoms with Crippen LogP contribution in [0.3, 0.4) is 0 Å². The molecule has 3 fully saturated rings. The van der Waals surface area contributed by atoms with Crippen LogP contribution < -0.4 is 16.0 Å². The maximum absolute atomic E-state index is 14.6. The van der Waals surface area contributed by atoms with E-state index in [1.54, 1.807) is 12.3 Å². The highest BCUT2D eigenvalue weighted by Crippen LogP contribution is 2.33. The van der Waals surface area contributed by atoms with Gasteiger partial charge in [-0.25, -0.2) is 14.4 Å². The molecule has 0 unspecified atom stereocenters. The summed E-state index contributed by atoms with van der Waals surface area (Å²) in [5.41, 5.74) is 1.39. The molecule has 0 atom stereocenters. The summed E-state index contributed by atoms with van der Waals surface area (Å²) >= 11 is 6.52. The summed E-state index contributed by atoms with van der Waals surface area (Å²) < 4.78 is 31.5. The van der Waals surface area contributed by atoms with Crippen molar-refractivity contribution in [3.8, 4) is 11.3 Å². The minimum absolute atomic E-state index is 0.0539. The lowest BCUT2D eigenvalue weighted by atomic mass is 9.82. The molecular formula is C28H39ClFN5O3. The lowest BCUT2D eigenvalue weighted by molar-refractivity contribution is -0.139. The van der Waals surface area contributed by atoms with Gasteiger partial charge in [0.1, 0.15) is 5.82 Å². The van der Waals surface area contributed by atoms with Crippen molar-refractivity contribution in [2.75, 3.05) is 50.2 Å². The van der Waals surface area contributed by atoms with Gasteiger partial charge in [0.05, 0.1) is 23.9 Å². The number of pyridine rings is 2. The molecule has 0 spiro atoms. The zero-order valence-corrected chi connectivity index (χ0v) is 23.1. The molecule has 0 amide bonds. The molecule has 2 aliphatic heterocycles. The molecule has 3 aliphatic rings. The molecular weight excluding hydrogens is 509 g/mol. The van der Waals surface area contributed by atoms with Crippen LogP contribution in [0.15, 0.2) is 24.4 Å². The minimum Gasteiger partial charge on any atom is -0.381 e. The second-order valence-electron chi connectivity index (χ2n) is 11.3. The van der Waals surface area contributed by atoms with Crippen molar-refractivity contribution in [2.45, 2.75) is 70.2 Å². The summed E-state index contributed by atoms with van der Waals surface area (Å²) in [7, 11) is 0. The molecule has 0 radical (unpaired) electrons. The van der Waals surface area contributed by atoms with Gasteiger partial charge in [-0.05, 0) is 69.1 Å². The zero-order valence-electron chi connectivity index (χ0n) is 22.3. The molecule has 208 valence electrons. The number of ether oxygens (including phenoxy) is 3. The maximum Gasteiger partial charge on any atom is 0.178 e. The van der Waals surface area contributed by atoms with Crippen LogP contribution in [0.5, 0.6) is 0 Å². The van der Waals surface area contributed by atoms with Crippen LogP contribution in [-0.4, -0.2) is 67.4 Å². The number of rotatable bonds is 9. The SMILES string of the molecule is CC1(CNc2nc(-c3cc(NC4CCC(NCC5(C)OCCO5)CC4)ncc3Cl)ccc2F)CCOCC1. The highest BCUT2D eigenvalue weighted by atomic mass is 35.5. The van der Waals surface area contributed by atoms with Gasteiger partial charge in [0.25, 0.3) is 0 Å². The van der Waals surface area contributed by atoms with Crippen molar-refractivity contribution < 1.29 is 18.6 Å². The fourth-order valence-corrected chi connectivity index (χ4v) is 5.61. The average Bonchev–Trinajstić information content (AvgIpc) is 3.36. The summed E-state index contributed by atoms with van der Waals surface area (Å²) in [5, 5.41) is 10.9. The fourth-order valence-electron chi connectivity index (χ4n) is 5.41. The first kappa shape index (κ1) is 27.5. The predicted molar refractivity (Wildman–Crippen MR) is 147 cm³/mol. The Morgan fingerprint density at radius 3 is 2.45 bits per heavy atom. The Balaban J connectivity index is 1.18. The van der Waals surface area contributed by atoms with Crippen molar-refractivity contribution in [1.82, 2.24) is 15.3 Å². The Morgan fingerprint density at radius 1 is 1.00 bits per heavy atom. The third kappa shape index (κ3) is 6.93. The number of hydrogen-bond acceptors (Lipinski definition) is 8. The number of halogens is 2. The molecule has 0 bridgehead atoms. The quantitative estimate of drug-likeness (QED) is 0.393. The highest BCUT2D eigenvalue weighted by Gasteiger charge is 2.32. The van der Waals surface area contributed by atoms with E-state index in [9.17, 15) is 4.39 Å². The van der Waals surface area contributed by atoms with Crippen molar-refractivity contribution in [2.24, 2.45) is 5.41 Å². The van der Waals surface area contributed by atoms with Crippen LogP contribution >= 0.6 is 11.6 Å². The molecule has 2 saturated heterocycles. The lowest BCUT2D eigenvalue weighted by Crippen LogP contribution is -2.45. The van der Waals surface area contributed by atoms with Gasteiger partial charge in [0, 0.05) is 50.1 Å². The molecule has 38 heavy (non-hydrogen) atoms. The average molecular weight is 548 g/mol. The van der Waals surface area contributed by atoms with Gasteiger partial charge in [0.15, 0.2) is 17.4 Å². The molecule has 3 N–H and O–H groups in total. The maximum atomic E-state index is 14.6. The van der Waals surface area contributed by atoms with Crippen molar-refractivity contribution in [3.63, 3.8) is 0 Å². The smallest absolute Gasteiger partial charge is 0.178 e. The summed E-state index contributed by atoms with van der Waals surface area (Å²) in [6.45, 7) is 8.31. The molecule has 0 aromatic carbocycles. The van der Waals surface area contributed by atoms with Crippen LogP contribution in [0.1, 0.15) is 52.4 Å². The second kappa shape index (κ2) is 12.0. The van der Waals surface area contributed by atoms with Crippen LogP contribution in [0.25, 0.3) is 11.3 Å². The van der Waals surface area contributed by atoms with E-state index in [0.29, 0.717) is 49.1 Å². The molecule has 4 heterocycles. The van der Waals surface area contributed by atoms with E-state index >= 15 is 0 Å². The topological polar surface area (TPSA) is 89.6 Å². The van der Waals surface area contributed by atoms with Gasteiger partial charge in [-0.2, -0.15) is 0 Å². The van der Waals surface area contributed by atoms with Crippen molar-refractivity contribution in [3.05, 3.63) is 35.2 Å². The van der Waals surface area contributed by atoms with E-state index in [1.807, 2.05) is 13.0 Å². The highest BCUT2D eigenvalue weighted by molar-refractivity contribution is 6.33. The summed E-state index contributed by atoms with van der Waals surface area (Å²) in [4.78, 5) is 9.09. The number of aromatic nitrogens is 2. The first-order valence-electron chi connectivity index (χ1n) is 13.7. The molecule has 2 aromatic rings. The first-order valence-corrected chi connectivity index (χ1v) is 14.1. The monoisotopic (exact) mass is 547 g/mol. The van der Waals surface area contributed by atoms with E-state index in [0.717, 1.165) is 63.1 Å². The van der Waals surface area contributed by atoms with Crippen molar-refractivity contribution in [1.29, 1.82) is 0 Å². The second-order valence-corrected chi connectivity index (χ2v) is 11.7. The minimum atomic E-state index is -0.509. The Kier molecular flexibility index (Phi) is 8.69. The zero-order chi connectivity index (χ0) is 26.6. The number of anilines is 2. The lowest BCUT2D eigenvalue weighted by Gasteiger charge is -2.33. The van der Waals surface area contributed by atoms with E-state index in [1.165, 1.54) is 6.07 Å². The Labute approximate surface area is 229 Å². The predicted octanol–water partition coefficient (Wildman–Crippen LogP) is 5.24. The molecule has 1 saturated carbocycles. The molecule has 10 heteroatoms. The molecule has 2 aromatic heterocycles. The van der Waals surface area contributed by atoms with Crippen molar-refractivity contribution >= 4 is 23.2 Å². The standard InChI is InChI=1S/C28H39ClFN5O3/c1-27(9-11-36-12-10-27)17-33-26-23(30)7-8-24(35-26)21-15-25(31-16-22(21)29)34-20-5-3-19(4-6-20)32-18-28(2)37-13-14-38-28/h7-8,15-16,19-20,32H,3-6,9-14,17-18H2,1-2H3,(H,31,34)(H,33,35). The largest absolute Gasteiger partial charge is 0.381 e. The number of nitrogens with zero attached hydrogens (tertiary/aromatic N) is 2. The van der Waals surface area contributed by atoms with Gasteiger partial charge < -0.3 is 30.2 Å². The van der Waals surface area contributed by atoms with Gasteiger partial charge in [-0.15, -0.1) is 0 Å². The van der Waals surface area contributed by atoms with E-state index in [2.05, 4.69) is 32.8 Å². The number of nitrogens with one attached hydrogen (secondary N) is 3. The third-order valence-electron chi connectivity index (χ3n) is 8.05. The summed E-state index contributed by atoms with van der Waals surface area (Å²) in [6, 6.07) is 5.78. The van der Waals surface area contributed by atoms with Crippen LogP contribution in [-0.2, 0) is 14.2 Å². The third-order valence-corrected chi connectivity index (χ3v) is 8.35. The Bertz CT molecular complexity index is 1090. The summed E-state index contributed by atoms with van der Waals surface area (Å²) in [5.74, 6) is 0.103. The van der Waals surface area contributed by atoms with E-state index in [4.69, 9.17) is 25.8 Å². The normalized spacial score (nSPS) is 24.7. The van der Waals surface area contributed by atoms with Gasteiger partial charge in [0.2, 0.25) is 0 Å². The summed E-state index contributed by atoms with van der Waals surface area (Å²) in [6.07, 6.45) is 7.70. The fraction of sp³-hybridized carbons (Fsp3) is 0.643. The molecule has 8 nitrogen and oxygen atoms in total. The van der Waals surface area contributed by atoms with Crippen LogP contribution in [0, 0.1) is 11.2 Å². The first-order chi connectivity index (χ1) is 18.3. The Hall–Kier alpha value is -2.04. The van der Waals surface area contributed by atoms with E-state index in [-0.39, 0.29) is 17.1 Å². The van der Waals surface area contributed by atoms with Gasteiger partial charge >= 0.3 is 0 Å². The molecule has 1 aliphatic carbocycles. The molecule has 5 rings (SSSR count). The van der Waals surface area contributed by atoms with E-state index < -0.39 is 5.79 Å². The van der Waals surface area contributed by atoms with Crippen LogP contribution in [0.4, 0.5) is 16.0 Å².